The van der Waals surface area contributed by atoms with Gasteiger partial charge in [0.25, 0.3) is 0 Å². The summed E-state index contributed by atoms with van der Waals surface area (Å²) in [5.74, 6) is 0.639. The highest BCUT2D eigenvalue weighted by atomic mass is 16.2. The van der Waals surface area contributed by atoms with E-state index in [0.29, 0.717) is 11.8 Å². The molecule has 1 aromatic rings. The Kier molecular flexibility index (Phi) is 4.37. The van der Waals surface area contributed by atoms with Crippen LogP contribution in [0, 0.1) is 5.92 Å². The molecule has 0 aliphatic heterocycles. The van der Waals surface area contributed by atoms with Crippen LogP contribution in [0.1, 0.15) is 18.4 Å². The van der Waals surface area contributed by atoms with E-state index in [1.54, 1.807) is 0 Å². The number of benzene rings is 1. The lowest BCUT2D eigenvalue weighted by Crippen LogP contribution is -2.40. The summed E-state index contributed by atoms with van der Waals surface area (Å²) in [6.45, 7) is 1.54. The molecule has 0 bridgehead atoms. The largest absolute Gasteiger partial charge is 0.329 e. The molecule has 0 N–H and O–H groups in total. The van der Waals surface area contributed by atoms with Crippen molar-refractivity contribution in [2.45, 2.75) is 19.3 Å². The van der Waals surface area contributed by atoms with Gasteiger partial charge in [-0.15, -0.1) is 0 Å². The van der Waals surface area contributed by atoms with Crippen LogP contribution in [-0.2, 0) is 11.2 Å². The SMILES string of the molecule is CN(C)CN(CCc1ccccc1)C(=O)C1CC1. The maximum absolute atomic E-state index is 12.2. The second-order valence-electron chi connectivity index (χ2n) is 5.33. The monoisotopic (exact) mass is 246 g/mol. The number of carbonyl (C=O) groups is 1. The van der Waals surface area contributed by atoms with Crippen LogP contribution in [0.25, 0.3) is 0 Å². The number of nitrogens with zero attached hydrogens (tertiary/aromatic N) is 2. The van der Waals surface area contributed by atoms with E-state index in [-0.39, 0.29) is 0 Å². The van der Waals surface area contributed by atoms with E-state index in [1.165, 1.54) is 5.56 Å². The minimum absolute atomic E-state index is 0.306. The van der Waals surface area contributed by atoms with Crippen molar-refractivity contribution in [3.05, 3.63) is 35.9 Å². The second kappa shape index (κ2) is 6.01. The minimum atomic E-state index is 0.306. The van der Waals surface area contributed by atoms with Crippen LogP contribution < -0.4 is 0 Å². The Balaban J connectivity index is 1.90. The fourth-order valence-electron chi connectivity index (χ4n) is 2.09. The van der Waals surface area contributed by atoms with Gasteiger partial charge in [-0.3, -0.25) is 9.69 Å². The maximum Gasteiger partial charge on any atom is 0.226 e. The van der Waals surface area contributed by atoms with E-state index < -0.39 is 0 Å². The molecule has 0 atom stereocenters. The van der Waals surface area contributed by atoms with Gasteiger partial charge in [-0.05, 0) is 38.9 Å². The summed E-state index contributed by atoms with van der Waals surface area (Å²) >= 11 is 0. The smallest absolute Gasteiger partial charge is 0.226 e. The van der Waals surface area contributed by atoms with Crippen LogP contribution >= 0.6 is 0 Å². The zero-order valence-corrected chi connectivity index (χ0v) is 11.3. The van der Waals surface area contributed by atoms with E-state index >= 15 is 0 Å². The Morgan fingerprint density at radius 2 is 1.89 bits per heavy atom. The Bertz CT molecular complexity index is 385. The van der Waals surface area contributed by atoms with Gasteiger partial charge in [0.2, 0.25) is 5.91 Å². The highest BCUT2D eigenvalue weighted by molar-refractivity contribution is 5.81. The molecule has 1 amide bonds. The van der Waals surface area contributed by atoms with Gasteiger partial charge in [0, 0.05) is 12.5 Å². The third-order valence-corrected chi connectivity index (χ3v) is 3.21. The molecule has 1 fully saturated rings. The highest BCUT2D eigenvalue weighted by Crippen LogP contribution is 2.31. The van der Waals surface area contributed by atoms with Crippen LogP contribution in [-0.4, -0.2) is 43.0 Å². The van der Waals surface area contributed by atoms with E-state index in [1.807, 2.05) is 37.2 Å². The quantitative estimate of drug-likeness (QED) is 0.717. The van der Waals surface area contributed by atoms with Gasteiger partial charge >= 0.3 is 0 Å². The first-order valence-corrected chi connectivity index (χ1v) is 6.64. The van der Waals surface area contributed by atoms with E-state index in [4.69, 9.17) is 0 Å². The normalized spacial score (nSPS) is 14.8. The molecular formula is C15H22N2O. The molecule has 3 nitrogen and oxygen atoms in total. The molecule has 1 saturated carbocycles. The van der Waals surface area contributed by atoms with E-state index in [9.17, 15) is 4.79 Å². The Hall–Kier alpha value is -1.35. The Morgan fingerprint density at radius 3 is 2.44 bits per heavy atom. The summed E-state index contributed by atoms with van der Waals surface area (Å²) in [5.41, 5.74) is 1.30. The van der Waals surface area contributed by atoms with Crippen molar-refractivity contribution < 1.29 is 4.79 Å². The predicted molar refractivity (Wildman–Crippen MR) is 73.1 cm³/mol. The van der Waals surface area contributed by atoms with Crippen LogP contribution in [0.2, 0.25) is 0 Å². The molecule has 1 aliphatic rings. The molecule has 0 unspecified atom stereocenters. The van der Waals surface area contributed by atoms with Gasteiger partial charge in [0.05, 0.1) is 6.67 Å². The summed E-state index contributed by atoms with van der Waals surface area (Å²) in [6.07, 6.45) is 3.09. The molecule has 0 heterocycles. The molecule has 0 aromatic heterocycles. The molecule has 0 radical (unpaired) electrons. The molecule has 1 aliphatic carbocycles. The van der Waals surface area contributed by atoms with Crippen molar-refractivity contribution in [2.24, 2.45) is 5.92 Å². The maximum atomic E-state index is 12.2. The fraction of sp³-hybridized carbons (Fsp3) is 0.533. The summed E-state index contributed by atoms with van der Waals surface area (Å²) in [5, 5.41) is 0. The molecule has 18 heavy (non-hydrogen) atoms. The second-order valence-corrected chi connectivity index (χ2v) is 5.33. The standard InChI is InChI=1S/C15H22N2O/c1-16(2)12-17(15(18)14-8-9-14)11-10-13-6-4-3-5-7-13/h3-7,14H,8-12H2,1-2H3. The van der Waals surface area contributed by atoms with Crippen molar-refractivity contribution in [1.82, 2.24) is 9.80 Å². The van der Waals surface area contributed by atoms with Crippen LogP contribution in [0.4, 0.5) is 0 Å². The summed E-state index contributed by atoms with van der Waals surface area (Å²) in [6, 6.07) is 10.4. The Labute approximate surface area is 109 Å². The minimum Gasteiger partial charge on any atom is -0.329 e. The van der Waals surface area contributed by atoms with Crippen molar-refractivity contribution in [3.63, 3.8) is 0 Å². The highest BCUT2D eigenvalue weighted by Gasteiger charge is 2.33. The van der Waals surface area contributed by atoms with Crippen LogP contribution in [0.15, 0.2) is 30.3 Å². The summed E-state index contributed by atoms with van der Waals surface area (Å²) in [7, 11) is 4.02. The van der Waals surface area contributed by atoms with Crippen molar-refractivity contribution in [3.8, 4) is 0 Å². The first kappa shape index (κ1) is 13.1. The zero-order chi connectivity index (χ0) is 13.0. The Morgan fingerprint density at radius 1 is 1.22 bits per heavy atom. The lowest BCUT2D eigenvalue weighted by molar-refractivity contribution is -0.134. The molecule has 0 saturated heterocycles. The van der Waals surface area contributed by atoms with Crippen molar-refractivity contribution in [1.29, 1.82) is 0 Å². The predicted octanol–water partition coefficient (Wildman–Crippen LogP) is 1.99. The lowest BCUT2D eigenvalue weighted by Gasteiger charge is -2.26. The third kappa shape index (κ3) is 3.84. The molecule has 3 heteroatoms. The van der Waals surface area contributed by atoms with Gasteiger partial charge in [-0.25, -0.2) is 0 Å². The van der Waals surface area contributed by atoms with Gasteiger partial charge < -0.3 is 4.90 Å². The first-order chi connectivity index (χ1) is 8.66. The average molecular weight is 246 g/mol. The number of hydrogen-bond donors (Lipinski definition) is 0. The van der Waals surface area contributed by atoms with Gasteiger partial charge in [0.1, 0.15) is 0 Å². The average Bonchev–Trinajstić information content (AvgIpc) is 3.18. The lowest BCUT2D eigenvalue weighted by atomic mass is 10.1. The van der Waals surface area contributed by atoms with Crippen molar-refractivity contribution >= 4 is 5.91 Å². The van der Waals surface area contributed by atoms with E-state index in [0.717, 1.165) is 32.5 Å². The first-order valence-electron chi connectivity index (χ1n) is 6.64. The number of rotatable bonds is 6. The molecule has 2 rings (SSSR count). The molecular weight excluding hydrogens is 224 g/mol. The zero-order valence-electron chi connectivity index (χ0n) is 11.3. The van der Waals surface area contributed by atoms with Crippen LogP contribution in [0.3, 0.4) is 0 Å². The fourth-order valence-corrected chi connectivity index (χ4v) is 2.09. The third-order valence-electron chi connectivity index (χ3n) is 3.21. The summed E-state index contributed by atoms with van der Waals surface area (Å²) in [4.78, 5) is 16.2. The number of hydrogen-bond acceptors (Lipinski definition) is 2. The summed E-state index contributed by atoms with van der Waals surface area (Å²) < 4.78 is 0. The van der Waals surface area contributed by atoms with Gasteiger partial charge in [0.15, 0.2) is 0 Å². The number of carbonyl (C=O) groups excluding carboxylic acids is 1. The van der Waals surface area contributed by atoms with Gasteiger partial charge in [-0.1, -0.05) is 30.3 Å². The van der Waals surface area contributed by atoms with Crippen molar-refractivity contribution in [2.75, 3.05) is 27.3 Å². The number of amides is 1. The molecule has 98 valence electrons. The topological polar surface area (TPSA) is 23.6 Å². The molecule has 1 aromatic carbocycles. The van der Waals surface area contributed by atoms with Gasteiger partial charge in [-0.2, -0.15) is 0 Å². The molecule has 0 spiro atoms. The van der Waals surface area contributed by atoms with E-state index in [2.05, 4.69) is 17.0 Å². The van der Waals surface area contributed by atoms with Crippen LogP contribution in [0.5, 0.6) is 0 Å².